The van der Waals surface area contributed by atoms with Gasteiger partial charge in [0.2, 0.25) is 6.29 Å². The van der Waals surface area contributed by atoms with Gasteiger partial charge in [0, 0.05) is 25.6 Å². The Labute approximate surface area is 118 Å². The first-order valence-electron chi connectivity index (χ1n) is 6.83. The van der Waals surface area contributed by atoms with Crippen LogP contribution in [-0.4, -0.2) is 35.1 Å². The summed E-state index contributed by atoms with van der Waals surface area (Å²) in [5, 5.41) is 5.41. The molecule has 0 aliphatic carbocycles. The average Bonchev–Trinajstić information content (AvgIpc) is 2.76. The van der Waals surface area contributed by atoms with Crippen LogP contribution in [0.25, 0.3) is 10.9 Å². The quantitative estimate of drug-likeness (QED) is 0.727. The maximum Gasteiger partial charge on any atom is 0.218 e. The van der Waals surface area contributed by atoms with E-state index >= 15 is 0 Å². The Morgan fingerprint density at radius 2 is 1.90 bits per heavy atom. The van der Waals surface area contributed by atoms with E-state index in [2.05, 4.69) is 5.10 Å². The van der Waals surface area contributed by atoms with E-state index in [0.29, 0.717) is 13.2 Å². The van der Waals surface area contributed by atoms with Crippen molar-refractivity contribution in [3.8, 4) is 0 Å². The van der Waals surface area contributed by atoms with E-state index in [-0.39, 0.29) is 12.2 Å². The van der Waals surface area contributed by atoms with Gasteiger partial charge in [0.25, 0.3) is 0 Å². The van der Waals surface area contributed by atoms with E-state index < -0.39 is 6.29 Å². The van der Waals surface area contributed by atoms with Gasteiger partial charge < -0.3 is 9.47 Å². The molecule has 0 fully saturated rings. The zero-order chi connectivity index (χ0) is 14.5. The van der Waals surface area contributed by atoms with Crippen molar-refractivity contribution in [2.75, 3.05) is 13.2 Å². The van der Waals surface area contributed by atoms with Crippen molar-refractivity contribution >= 4 is 16.7 Å². The third-order valence-corrected chi connectivity index (χ3v) is 3.07. The molecule has 0 atom stereocenters. The summed E-state index contributed by atoms with van der Waals surface area (Å²) in [4.78, 5) is 12.2. The number of aryl methyl sites for hydroxylation is 1. The molecule has 0 saturated heterocycles. The molecule has 108 valence electrons. The molecule has 5 heteroatoms. The fourth-order valence-electron chi connectivity index (χ4n) is 2.20. The van der Waals surface area contributed by atoms with Crippen LogP contribution in [0.3, 0.4) is 0 Å². The maximum atomic E-state index is 12.2. The minimum Gasteiger partial charge on any atom is -0.346 e. The van der Waals surface area contributed by atoms with Crippen molar-refractivity contribution in [3.05, 3.63) is 30.0 Å². The van der Waals surface area contributed by atoms with Crippen LogP contribution < -0.4 is 0 Å². The van der Waals surface area contributed by atoms with Gasteiger partial charge in [0.05, 0.1) is 17.6 Å². The van der Waals surface area contributed by atoms with E-state index in [1.807, 2.05) is 45.2 Å². The third kappa shape index (κ3) is 3.05. The molecule has 0 radical (unpaired) electrons. The minimum atomic E-state index is -0.800. The number of carbonyl (C=O) groups excluding carboxylic acids is 1. The Bertz CT molecular complexity index is 586. The van der Waals surface area contributed by atoms with Gasteiger partial charge in [-0.25, -0.2) is 0 Å². The molecule has 1 heterocycles. The highest BCUT2D eigenvalue weighted by Crippen LogP contribution is 2.18. The third-order valence-electron chi connectivity index (χ3n) is 3.07. The second-order valence-electron chi connectivity index (χ2n) is 4.47. The molecule has 20 heavy (non-hydrogen) atoms. The lowest BCUT2D eigenvalue weighted by Crippen LogP contribution is -2.29. The fraction of sp³-hybridized carbons (Fsp3) is 0.467. The van der Waals surface area contributed by atoms with Crippen LogP contribution >= 0.6 is 0 Å². The van der Waals surface area contributed by atoms with E-state index in [1.165, 1.54) is 0 Å². The van der Waals surface area contributed by atoms with Gasteiger partial charge in [-0.1, -0.05) is 18.2 Å². The van der Waals surface area contributed by atoms with E-state index in [0.717, 1.165) is 16.6 Å². The molecular weight excluding hydrogens is 256 g/mol. The number of aromatic nitrogens is 2. The van der Waals surface area contributed by atoms with Crippen LogP contribution in [0.15, 0.2) is 24.3 Å². The topological polar surface area (TPSA) is 53.4 Å². The molecule has 0 spiro atoms. The zero-order valence-corrected chi connectivity index (χ0v) is 12.1. The minimum absolute atomic E-state index is 0.0995. The summed E-state index contributed by atoms with van der Waals surface area (Å²) in [5.74, 6) is -0.0995. The highest BCUT2D eigenvalue weighted by molar-refractivity contribution is 5.90. The lowest BCUT2D eigenvalue weighted by molar-refractivity contribution is -0.167. The number of benzene rings is 1. The van der Waals surface area contributed by atoms with Gasteiger partial charge in [-0.3, -0.25) is 9.48 Å². The van der Waals surface area contributed by atoms with Crippen LogP contribution in [0.1, 0.15) is 19.5 Å². The molecule has 0 aliphatic rings. The summed E-state index contributed by atoms with van der Waals surface area (Å²) in [6.07, 6.45) is -0.586. The molecule has 2 aromatic rings. The summed E-state index contributed by atoms with van der Waals surface area (Å²) in [6, 6.07) is 7.86. The number of carbonyl (C=O) groups is 1. The molecule has 0 N–H and O–H groups in total. The predicted molar refractivity (Wildman–Crippen MR) is 76.5 cm³/mol. The van der Waals surface area contributed by atoms with Gasteiger partial charge >= 0.3 is 0 Å². The molecule has 5 nitrogen and oxygen atoms in total. The van der Waals surface area contributed by atoms with Crippen molar-refractivity contribution in [2.45, 2.75) is 26.6 Å². The second-order valence-corrected chi connectivity index (χ2v) is 4.47. The number of nitrogens with zero attached hydrogens (tertiary/aromatic N) is 2. The van der Waals surface area contributed by atoms with Crippen LogP contribution in [0, 0.1) is 0 Å². The van der Waals surface area contributed by atoms with Crippen molar-refractivity contribution in [3.63, 3.8) is 0 Å². The first kappa shape index (κ1) is 14.7. The number of hydrogen-bond donors (Lipinski definition) is 0. The molecule has 0 aliphatic heterocycles. The Morgan fingerprint density at radius 1 is 1.25 bits per heavy atom. The number of rotatable bonds is 7. The van der Waals surface area contributed by atoms with E-state index in [4.69, 9.17) is 9.47 Å². The normalized spacial score (nSPS) is 11.4. The standard InChI is InChI=1S/C15H20N2O3/c1-4-19-15(20-5-2)14(18)10-12-11-8-6-7-9-13(11)17(3)16-12/h6-9,15H,4-5,10H2,1-3H3. The maximum absolute atomic E-state index is 12.2. The molecule has 2 rings (SSSR count). The van der Waals surface area contributed by atoms with Gasteiger partial charge in [-0.15, -0.1) is 0 Å². The Balaban J connectivity index is 2.20. The molecule has 0 bridgehead atoms. The van der Waals surface area contributed by atoms with Gasteiger partial charge in [-0.05, 0) is 19.9 Å². The molecule has 0 unspecified atom stereocenters. The number of hydrogen-bond acceptors (Lipinski definition) is 4. The molecule has 0 amide bonds. The second kappa shape index (κ2) is 6.63. The summed E-state index contributed by atoms with van der Waals surface area (Å²) < 4.78 is 12.4. The van der Waals surface area contributed by atoms with Crippen LogP contribution in [0.2, 0.25) is 0 Å². The van der Waals surface area contributed by atoms with Gasteiger partial charge in [0.1, 0.15) is 0 Å². The summed E-state index contributed by atoms with van der Waals surface area (Å²) in [6.45, 7) is 4.57. The zero-order valence-electron chi connectivity index (χ0n) is 12.1. The highest BCUT2D eigenvalue weighted by atomic mass is 16.7. The largest absolute Gasteiger partial charge is 0.346 e. The first-order chi connectivity index (χ1) is 9.67. The SMILES string of the molecule is CCOC(OCC)C(=O)Cc1nn(C)c2ccccc12. The molecule has 1 aromatic carbocycles. The average molecular weight is 276 g/mol. The van der Waals surface area contributed by atoms with Crippen molar-refractivity contribution < 1.29 is 14.3 Å². The smallest absolute Gasteiger partial charge is 0.218 e. The summed E-state index contributed by atoms with van der Waals surface area (Å²) in [7, 11) is 1.87. The van der Waals surface area contributed by atoms with Crippen LogP contribution in [0.4, 0.5) is 0 Å². The van der Waals surface area contributed by atoms with E-state index in [9.17, 15) is 4.79 Å². The Kier molecular flexibility index (Phi) is 4.87. The number of ketones is 1. The fourth-order valence-corrected chi connectivity index (χ4v) is 2.20. The molecule has 0 saturated carbocycles. The Morgan fingerprint density at radius 3 is 2.55 bits per heavy atom. The molecule has 1 aromatic heterocycles. The number of fused-ring (bicyclic) bond motifs is 1. The van der Waals surface area contributed by atoms with Crippen molar-refractivity contribution in [2.24, 2.45) is 7.05 Å². The summed E-state index contributed by atoms with van der Waals surface area (Å²) in [5.41, 5.74) is 1.78. The number of Topliss-reactive ketones (excluding diaryl/α,β-unsaturated/α-hetero) is 1. The van der Waals surface area contributed by atoms with Gasteiger partial charge in [0.15, 0.2) is 5.78 Å². The predicted octanol–water partition coefficient (Wildman–Crippen LogP) is 2.08. The Hall–Kier alpha value is -1.72. The highest BCUT2D eigenvalue weighted by Gasteiger charge is 2.21. The lowest BCUT2D eigenvalue weighted by Gasteiger charge is -2.14. The lowest BCUT2D eigenvalue weighted by atomic mass is 10.1. The van der Waals surface area contributed by atoms with Gasteiger partial charge in [-0.2, -0.15) is 5.10 Å². The number of ether oxygens (including phenoxy) is 2. The molecular formula is C15H20N2O3. The van der Waals surface area contributed by atoms with Crippen molar-refractivity contribution in [1.82, 2.24) is 9.78 Å². The first-order valence-corrected chi connectivity index (χ1v) is 6.83. The van der Waals surface area contributed by atoms with Crippen molar-refractivity contribution in [1.29, 1.82) is 0 Å². The van der Waals surface area contributed by atoms with Crippen LogP contribution in [-0.2, 0) is 27.7 Å². The van der Waals surface area contributed by atoms with E-state index in [1.54, 1.807) is 4.68 Å². The summed E-state index contributed by atoms with van der Waals surface area (Å²) >= 11 is 0. The monoisotopic (exact) mass is 276 g/mol. The van der Waals surface area contributed by atoms with Crippen LogP contribution in [0.5, 0.6) is 0 Å². The number of para-hydroxylation sites is 1.